The van der Waals surface area contributed by atoms with Gasteiger partial charge in [-0.2, -0.15) is 4.39 Å². The Labute approximate surface area is 151 Å². The highest BCUT2D eigenvalue weighted by molar-refractivity contribution is 9.10. The predicted molar refractivity (Wildman–Crippen MR) is 88.5 cm³/mol. The van der Waals surface area contributed by atoms with Crippen molar-refractivity contribution in [1.29, 1.82) is 0 Å². The summed E-state index contributed by atoms with van der Waals surface area (Å²) < 4.78 is 23.1. The quantitative estimate of drug-likeness (QED) is 0.832. The highest BCUT2D eigenvalue weighted by Crippen LogP contribution is 2.26. The van der Waals surface area contributed by atoms with Crippen LogP contribution >= 0.6 is 15.9 Å². The lowest BCUT2D eigenvalue weighted by Crippen LogP contribution is -2.45. The largest absolute Gasteiger partial charge is 0.426 e. The number of carbonyl (C=O) groups excluding carboxylic acids is 2. The summed E-state index contributed by atoms with van der Waals surface area (Å²) in [6.45, 7) is 4.45. The lowest BCUT2D eigenvalue weighted by Gasteiger charge is -2.26. The molecule has 0 aromatic carbocycles. The molecule has 2 amide bonds. The van der Waals surface area contributed by atoms with Crippen LogP contribution in [0, 0.1) is 18.9 Å². The van der Waals surface area contributed by atoms with Gasteiger partial charge in [-0.3, -0.25) is 9.59 Å². The topological polar surface area (TPSA) is 88.6 Å². The van der Waals surface area contributed by atoms with E-state index in [1.54, 1.807) is 11.8 Å². The van der Waals surface area contributed by atoms with E-state index in [2.05, 4.69) is 26.4 Å². The van der Waals surface area contributed by atoms with E-state index in [1.807, 2.05) is 6.92 Å². The number of hydrogen-bond donors (Lipinski definition) is 1. The lowest BCUT2D eigenvalue weighted by atomic mass is 10.0. The average molecular weight is 414 g/mol. The van der Waals surface area contributed by atoms with Gasteiger partial charge in [-0.15, -0.1) is 0 Å². The van der Waals surface area contributed by atoms with Crippen LogP contribution in [0.5, 0.6) is 0 Å². The van der Waals surface area contributed by atoms with Gasteiger partial charge in [0.25, 0.3) is 17.8 Å². The third-order valence-corrected chi connectivity index (χ3v) is 4.99. The van der Waals surface area contributed by atoms with E-state index in [-0.39, 0.29) is 36.1 Å². The average Bonchev–Trinajstić information content (AvgIpc) is 3.25. The minimum absolute atomic E-state index is 0.0412. The van der Waals surface area contributed by atoms with Crippen molar-refractivity contribution in [3.8, 4) is 0 Å². The van der Waals surface area contributed by atoms with Gasteiger partial charge in [0.15, 0.2) is 10.4 Å². The summed E-state index contributed by atoms with van der Waals surface area (Å²) >= 11 is 3.17. The molecule has 0 aliphatic carbocycles. The summed E-state index contributed by atoms with van der Waals surface area (Å²) in [5.41, 5.74) is 0.330. The number of amides is 2. The zero-order chi connectivity index (χ0) is 18.1. The molecule has 7 nitrogen and oxygen atoms in total. The molecule has 25 heavy (non-hydrogen) atoms. The van der Waals surface area contributed by atoms with Gasteiger partial charge >= 0.3 is 0 Å². The molecule has 9 heteroatoms. The monoisotopic (exact) mass is 413 g/mol. The van der Waals surface area contributed by atoms with Crippen LogP contribution in [-0.2, 0) is 0 Å². The summed E-state index contributed by atoms with van der Waals surface area (Å²) in [4.78, 5) is 26.5. The first-order valence-electron chi connectivity index (χ1n) is 7.84. The van der Waals surface area contributed by atoms with Crippen molar-refractivity contribution in [2.45, 2.75) is 26.3 Å². The predicted octanol–water partition coefficient (Wildman–Crippen LogP) is 2.76. The van der Waals surface area contributed by atoms with Crippen molar-refractivity contribution in [3.05, 3.63) is 39.8 Å². The van der Waals surface area contributed by atoms with E-state index < -0.39 is 6.01 Å². The second-order valence-electron chi connectivity index (χ2n) is 6.05. The first-order valence-corrected chi connectivity index (χ1v) is 8.64. The molecule has 134 valence electrons. The molecule has 0 bridgehead atoms. The Morgan fingerprint density at radius 3 is 2.84 bits per heavy atom. The molecule has 3 rings (SSSR count). The fourth-order valence-electron chi connectivity index (χ4n) is 3.03. The normalized spacial score (nSPS) is 20.1. The zero-order valence-electron chi connectivity index (χ0n) is 13.7. The third kappa shape index (κ3) is 3.46. The maximum absolute atomic E-state index is 13.0. The minimum atomic E-state index is -0.798. The molecular weight excluding hydrogens is 397 g/mol. The first kappa shape index (κ1) is 17.7. The van der Waals surface area contributed by atoms with Gasteiger partial charge in [-0.1, -0.05) is 12.1 Å². The van der Waals surface area contributed by atoms with Crippen LogP contribution in [0.4, 0.5) is 4.39 Å². The van der Waals surface area contributed by atoms with Crippen LogP contribution < -0.4 is 5.32 Å². The number of aryl methyl sites for hydroxylation is 1. The summed E-state index contributed by atoms with van der Waals surface area (Å²) in [5.74, 6) is -0.157. The Hall–Kier alpha value is -2.16. The third-order valence-electron chi connectivity index (χ3n) is 4.45. The van der Waals surface area contributed by atoms with Gasteiger partial charge < -0.3 is 19.2 Å². The molecule has 0 radical (unpaired) electrons. The van der Waals surface area contributed by atoms with Gasteiger partial charge in [-0.05, 0) is 41.3 Å². The second-order valence-corrected chi connectivity index (χ2v) is 6.80. The van der Waals surface area contributed by atoms with Crippen LogP contribution in [0.15, 0.2) is 25.7 Å². The molecule has 1 N–H and O–H groups in total. The summed E-state index contributed by atoms with van der Waals surface area (Å²) in [5, 5.41) is 6.50. The summed E-state index contributed by atoms with van der Waals surface area (Å²) in [7, 11) is 0. The maximum atomic E-state index is 13.0. The van der Waals surface area contributed by atoms with E-state index in [9.17, 15) is 14.0 Å². The molecule has 2 atom stereocenters. The Morgan fingerprint density at radius 1 is 1.48 bits per heavy atom. The number of nitrogens with zero attached hydrogens (tertiary/aromatic N) is 2. The number of nitrogens with one attached hydrogen (secondary N) is 1. The van der Waals surface area contributed by atoms with Crippen molar-refractivity contribution in [3.63, 3.8) is 0 Å². The Kier molecular flexibility index (Phi) is 4.94. The standard InChI is InChI=1S/C16H17BrFN3O4/c1-8-5-6-21(16(23)11-3-4-12(18)24-11)10(8)7-19-15(22)13-9(2)25-20-14(13)17/h3-4,8,10H,5-7H2,1-2H3,(H,19,22). The zero-order valence-corrected chi connectivity index (χ0v) is 15.3. The fraction of sp³-hybridized carbons (Fsp3) is 0.438. The van der Waals surface area contributed by atoms with E-state index >= 15 is 0 Å². The number of carbonyl (C=O) groups is 2. The van der Waals surface area contributed by atoms with Crippen LogP contribution in [0.25, 0.3) is 0 Å². The first-order chi connectivity index (χ1) is 11.9. The van der Waals surface area contributed by atoms with Gasteiger partial charge in [0.2, 0.25) is 0 Å². The fourth-order valence-corrected chi connectivity index (χ4v) is 3.56. The Morgan fingerprint density at radius 2 is 2.24 bits per heavy atom. The number of aromatic nitrogens is 1. The number of rotatable bonds is 4. The maximum Gasteiger partial charge on any atom is 0.290 e. The van der Waals surface area contributed by atoms with E-state index in [0.717, 1.165) is 12.5 Å². The van der Waals surface area contributed by atoms with Gasteiger partial charge in [0.1, 0.15) is 11.3 Å². The van der Waals surface area contributed by atoms with Gasteiger partial charge in [-0.25, -0.2) is 0 Å². The van der Waals surface area contributed by atoms with Crippen LogP contribution in [0.2, 0.25) is 0 Å². The molecule has 0 spiro atoms. The SMILES string of the molecule is Cc1onc(Br)c1C(=O)NCC1C(C)CCN1C(=O)c1ccc(F)o1. The molecule has 1 fully saturated rings. The van der Waals surface area contributed by atoms with Gasteiger partial charge in [0, 0.05) is 19.2 Å². The number of hydrogen-bond acceptors (Lipinski definition) is 5. The van der Waals surface area contributed by atoms with Crippen molar-refractivity contribution in [2.24, 2.45) is 5.92 Å². The minimum Gasteiger partial charge on any atom is -0.426 e. The van der Waals surface area contributed by atoms with E-state index in [4.69, 9.17) is 8.94 Å². The Bertz CT molecular complexity index is 784. The van der Waals surface area contributed by atoms with Crippen LogP contribution in [-0.4, -0.2) is 41.0 Å². The van der Waals surface area contributed by atoms with E-state index in [0.29, 0.717) is 22.5 Å². The van der Waals surface area contributed by atoms with Crippen molar-refractivity contribution in [1.82, 2.24) is 15.4 Å². The number of halogens is 2. The highest BCUT2D eigenvalue weighted by atomic mass is 79.9. The number of furan rings is 1. The van der Waals surface area contributed by atoms with E-state index in [1.165, 1.54) is 6.07 Å². The van der Waals surface area contributed by atoms with Gasteiger partial charge in [0.05, 0.1) is 6.04 Å². The lowest BCUT2D eigenvalue weighted by molar-refractivity contribution is 0.0670. The molecule has 0 saturated carbocycles. The second kappa shape index (κ2) is 6.99. The highest BCUT2D eigenvalue weighted by Gasteiger charge is 2.36. The molecule has 2 aromatic rings. The Balaban J connectivity index is 1.69. The smallest absolute Gasteiger partial charge is 0.290 e. The molecule has 1 saturated heterocycles. The molecule has 2 unspecified atom stereocenters. The van der Waals surface area contributed by atoms with Crippen LogP contribution in [0.1, 0.15) is 40.0 Å². The van der Waals surface area contributed by atoms with Crippen molar-refractivity contribution in [2.75, 3.05) is 13.1 Å². The summed E-state index contributed by atoms with van der Waals surface area (Å²) in [6, 6.07) is 1.42. The van der Waals surface area contributed by atoms with Crippen molar-refractivity contribution >= 4 is 27.7 Å². The summed E-state index contributed by atoms with van der Waals surface area (Å²) in [6.07, 6.45) is 0.797. The molecular formula is C16H17BrFN3O4. The van der Waals surface area contributed by atoms with Crippen molar-refractivity contribution < 1.29 is 22.9 Å². The van der Waals surface area contributed by atoms with Crippen LogP contribution in [0.3, 0.4) is 0 Å². The molecule has 3 heterocycles. The molecule has 1 aliphatic rings. The molecule has 2 aromatic heterocycles. The number of likely N-dealkylation sites (tertiary alicyclic amines) is 1. The molecule has 1 aliphatic heterocycles.